The number of fused-ring (bicyclic) bond motifs is 2. The molecule has 0 amide bonds. The van der Waals surface area contributed by atoms with Crippen molar-refractivity contribution < 1.29 is 0 Å². The van der Waals surface area contributed by atoms with E-state index in [1.54, 1.807) is 6.33 Å². The second-order valence-corrected chi connectivity index (χ2v) is 7.18. The highest BCUT2D eigenvalue weighted by Crippen LogP contribution is 2.21. The van der Waals surface area contributed by atoms with Gasteiger partial charge in [-0.2, -0.15) is 0 Å². The third-order valence-corrected chi connectivity index (χ3v) is 5.12. The molecule has 0 bridgehead atoms. The minimum Gasteiger partial charge on any atom is -0.292 e. The fourth-order valence-electron chi connectivity index (χ4n) is 2.51. The van der Waals surface area contributed by atoms with Crippen molar-refractivity contribution in [2.45, 2.75) is 6.92 Å². The Bertz CT molecular complexity index is 1130. The molecule has 3 heterocycles. The van der Waals surface area contributed by atoms with E-state index in [1.807, 2.05) is 47.9 Å². The van der Waals surface area contributed by atoms with E-state index in [0.29, 0.717) is 16.7 Å². The molecule has 0 aliphatic heterocycles. The number of aryl methyl sites for hydroxylation is 1. The van der Waals surface area contributed by atoms with Crippen LogP contribution in [0.3, 0.4) is 0 Å². The molecule has 4 aromatic rings. The zero-order valence-corrected chi connectivity index (χ0v) is 15.7. The zero-order chi connectivity index (χ0) is 16.1. The number of hydrogen-bond acceptors (Lipinski definition) is 3. The molecular formula is C16H10BrIN4O. The lowest BCUT2D eigenvalue weighted by Crippen LogP contribution is -2.20. The third kappa shape index (κ3) is 2.38. The molecule has 0 N–H and O–H groups in total. The maximum Gasteiger partial charge on any atom is 0.267 e. The number of nitrogens with zero attached hydrogens (tertiary/aromatic N) is 4. The molecule has 0 aliphatic rings. The fraction of sp³-hybridized carbons (Fsp3) is 0.0625. The number of imidazole rings is 1. The van der Waals surface area contributed by atoms with E-state index in [-0.39, 0.29) is 5.56 Å². The summed E-state index contributed by atoms with van der Waals surface area (Å²) in [6.45, 7) is 1.98. The van der Waals surface area contributed by atoms with Crippen LogP contribution in [0.5, 0.6) is 0 Å². The van der Waals surface area contributed by atoms with E-state index in [2.05, 4.69) is 48.5 Å². The molecule has 0 atom stereocenters. The molecule has 0 saturated carbocycles. The highest BCUT2D eigenvalue weighted by atomic mass is 127. The lowest BCUT2D eigenvalue weighted by molar-refractivity contribution is 0.924. The van der Waals surface area contributed by atoms with Crippen molar-refractivity contribution in [2.24, 2.45) is 0 Å². The summed E-state index contributed by atoms with van der Waals surface area (Å²) in [5.41, 5.74) is 2.45. The van der Waals surface area contributed by atoms with Gasteiger partial charge in [0.2, 0.25) is 0 Å². The summed E-state index contributed by atoms with van der Waals surface area (Å²) in [6.07, 6.45) is 3.47. The summed E-state index contributed by atoms with van der Waals surface area (Å²) in [5, 5.41) is 0.590. The summed E-state index contributed by atoms with van der Waals surface area (Å²) >= 11 is 5.64. The Labute approximate surface area is 153 Å². The smallest absolute Gasteiger partial charge is 0.267 e. The molecule has 3 aromatic heterocycles. The SMILES string of the molecule is Cc1ccc2c(=O)n(-c3nc4ccc(Br)cn4c3I)cnc2c1. The highest BCUT2D eigenvalue weighted by molar-refractivity contribution is 14.1. The normalized spacial score (nSPS) is 11.4. The topological polar surface area (TPSA) is 52.2 Å². The Hall–Kier alpha value is -1.74. The molecule has 4 rings (SSSR count). The molecular weight excluding hydrogens is 471 g/mol. The van der Waals surface area contributed by atoms with Crippen molar-refractivity contribution in [2.75, 3.05) is 0 Å². The van der Waals surface area contributed by atoms with E-state index < -0.39 is 0 Å². The first kappa shape index (κ1) is 14.8. The van der Waals surface area contributed by atoms with Crippen LogP contribution in [0.25, 0.3) is 22.4 Å². The van der Waals surface area contributed by atoms with Crippen molar-refractivity contribution in [3.05, 3.63) is 66.9 Å². The zero-order valence-electron chi connectivity index (χ0n) is 12.0. The van der Waals surface area contributed by atoms with Crippen molar-refractivity contribution >= 4 is 55.1 Å². The van der Waals surface area contributed by atoms with Gasteiger partial charge in [-0.3, -0.25) is 9.20 Å². The quantitative estimate of drug-likeness (QED) is 0.390. The molecule has 114 valence electrons. The fourth-order valence-corrected chi connectivity index (χ4v) is 3.62. The Kier molecular flexibility index (Phi) is 3.49. The average molecular weight is 481 g/mol. The van der Waals surface area contributed by atoms with Gasteiger partial charge in [-0.1, -0.05) is 6.07 Å². The van der Waals surface area contributed by atoms with Crippen LogP contribution in [-0.4, -0.2) is 18.9 Å². The van der Waals surface area contributed by atoms with Gasteiger partial charge in [-0.25, -0.2) is 14.5 Å². The molecule has 0 fully saturated rings. The molecule has 0 unspecified atom stereocenters. The number of rotatable bonds is 1. The predicted molar refractivity (Wildman–Crippen MR) is 101 cm³/mol. The summed E-state index contributed by atoms with van der Waals surface area (Å²) in [6, 6.07) is 9.47. The van der Waals surface area contributed by atoms with Gasteiger partial charge in [-0.15, -0.1) is 0 Å². The van der Waals surface area contributed by atoms with Gasteiger partial charge in [0.05, 0.1) is 10.9 Å². The summed E-state index contributed by atoms with van der Waals surface area (Å²) in [7, 11) is 0. The van der Waals surface area contributed by atoms with Gasteiger partial charge in [0.25, 0.3) is 5.56 Å². The number of pyridine rings is 1. The van der Waals surface area contributed by atoms with Crippen LogP contribution in [-0.2, 0) is 0 Å². The lowest BCUT2D eigenvalue weighted by Gasteiger charge is -2.04. The maximum atomic E-state index is 12.8. The largest absolute Gasteiger partial charge is 0.292 e. The van der Waals surface area contributed by atoms with Gasteiger partial charge in [0.15, 0.2) is 5.82 Å². The lowest BCUT2D eigenvalue weighted by atomic mass is 10.2. The minimum absolute atomic E-state index is 0.115. The maximum absolute atomic E-state index is 12.8. The molecule has 0 spiro atoms. The van der Waals surface area contributed by atoms with E-state index in [0.717, 1.165) is 19.4 Å². The van der Waals surface area contributed by atoms with Crippen molar-refractivity contribution in [1.29, 1.82) is 0 Å². The van der Waals surface area contributed by atoms with E-state index in [4.69, 9.17) is 0 Å². The molecule has 0 radical (unpaired) electrons. The first-order valence-electron chi connectivity index (χ1n) is 6.86. The van der Waals surface area contributed by atoms with Crippen LogP contribution in [0.2, 0.25) is 0 Å². The monoisotopic (exact) mass is 480 g/mol. The van der Waals surface area contributed by atoms with Crippen molar-refractivity contribution in [3.8, 4) is 5.82 Å². The van der Waals surface area contributed by atoms with Gasteiger partial charge < -0.3 is 0 Å². The first-order valence-corrected chi connectivity index (χ1v) is 8.73. The highest BCUT2D eigenvalue weighted by Gasteiger charge is 2.14. The average Bonchev–Trinajstić information content (AvgIpc) is 2.84. The van der Waals surface area contributed by atoms with Gasteiger partial charge in [0.1, 0.15) is 15.7 Å². The Balaban J connectivity index is 2.03. The Morgan fingerprint density at radius 1 is 1.22 bits per heavy atom. The van der Waals surface area contributed by atoms with Gasteiger partial charge in [0, 0.05) is 10.7 Å². The molecule has 0 aliphatic carbocycles. The van der Waals surface area contributed by atoms with Gasteiger partial charge in [-0.05, 0) is 75.3 Å². The van der Waals surface area contributed by atoms with Crippen LogP contribution in [0.15, 0.2) is 52.1 Å². The number of aromatic nitrogens is 4. The summed E-state index contributed by atoms with van der Waals surface area (Å²) in [4.78, 5) is 21.8. The van der Waals surface area contributed by atoms with E-state index in [1.165, 1.54) is 4.57 Å². The van der Waals surface area contributed by atoms with Crippen LogP contribution in [0.1, 0.15) is 5.56 Å². The molecule has 0 saturated heterocycles. The molecule has 5 nitrogen and oxygen atoms in total. The number of hydrogen-bond donors (Lipinski definition) is 0. The first-order chi connectivity index (χ1) is 11.0. The second-order valence-electron chi connectivity index (χ2n) is 5.24. The third-order valence-electron chi connectivity index (χ3n) is 3.65. The predicted octanol–water partition coefficient (Wildman–Crippen LogP) is 3.71. The molecule has 1 aromatic carbocycles. The van der Waals surface area contributed by atoms with Gasteiger partial charge >= 0.3 is 0 Å². The van der Waals surface area contributed by atoms with Crippen molar-refractivity contribution in [3.63, 3.8) is 0 Å². The van der Waals surface area contributed by atoms with Crippen LogP contribution in [0.4, 0.5) is 0 Å². The Morgan fingerprint density at radius 2 is 2.04 bits per heavy atom. The van der Waals surface area contributed by atoms with E-state index >= 15 is 0 Å². The Morgan fingerprint density at radius 3 is 2.87 bits per heavy atom. The summed E-state index contributed by atoms with van der Waals surface area (Å²) in [5.74, 6) is 0.587. The van der Waals surface area contributed by atoms with Crippen LogP contribution in [0, 0.1) is 10.6 Å². The molecule has 7 heteroatoms. The minimum atomic E-state index is -0.115. The van der Waals surface area contributed by atoms with Crippen LogP contribution >= 0.6 is 38.5 Å². The number of benzene rings is 1. The second kappa shape index (κ2) is 5.41. The van der Waals surface area contributed by atoms with Crippen molar-refractivity contribution in [1.82, 2.24) is 18.9 Å². The number of halogens is 2. The standard InChI is InChI=1S/C16H10BrIN4O/c1-9-2-4-11-12(6-9)19-8-22(16(11)23)15-14(18)21-7-10(17)3-5-13(21)20-15/h2-8H,1H3. The molecule has 23 heavy (non-hydrogen) atoms. The van der Waals surface area contributed by atoms with Crippen LogP contribution < -0.4 is 5.56 Å². The summed E-state index contributed by atoms with van der Waals surface area (Å²) < 4.78 is 5.24. The van der Waals surface area contributed by atoms with E-state index in [9.17, 15) is 4.79 Å².